The van der Waals surface area contributed by atoms with Crippen molar-refractivity contribution in [2.24, 2.45) is 0 Å². The van der Waals surface area contributed by atoms with Crippen LogP contribution in [0.25, 0.3) is 0 Å². The number of hydrogen-bond donors (Lipinski definition) is 2. The molecule has 0 aromatic heterocycles. The molecule has 1 atom stereocenters. The second kappa shape index (κ2) is 6.12. The van der Waals surface area contributed by atoms with Crippen molar-refractivity contribution in [3.05, 3.63) is 48.6 Å². The van der Waals surface area contributed by atoms with Crippen molar-refractivity contribution < 1.29 is 28.4 Å². The molecule has 19 heavy (non-hydrogen) atoms. The quantitative estimate of drug-likeness (QED) is 0.360. The zero-order valence-electron chi connectivity index (χ0n) is 10.4. The highest BCUT2D eigenvalue weighted by Crippen LogP contribution is 2.47. The smallest absolute Gasteiger partial charge is 0.425 e. The van der Waals surface area contributed by atoms with Gasteiger partial charge < -0.3 is 14.5 Å². The van der Waals surface area contributed by atoms with Crippen molar-refractivity contribution in [3.8, 4) is 0 Å². The van der Waals surface area contributed by atoms with Gasteiger partial charge >= 0.3 is 13.8 Å². The van der Waals surface area contributed by atoms with Crippen LogP contribution < -0.4 is 0 Å². The molecule has 0 amide bonds. The van der Waals surface area contributed by atoms with Crippen LogP contribution in [0.2, 0.25) is 0 Å². The Balaban J connectivity index is 3.24. The van der Waals surface area contributed by atoms with Gasteiger partial charge in [0.05, 0.1) is 0 Å². The molecule has 1 rings (SSSR count). The van der Waals surface area contributed by atoms with Crippen LogP contribution in [0, 0.1) is 0 Å². The first-order chi connectivity index (χ1) is 8.83. The Morgan fingerprint density at radius 1 is 1.42 bits per heavy atom. The van der Waals surface area contributed by atoms with E-state index in [1.165, 1.54) is 0 Å². The minimum absolute atomic E-state index is 0.0295. The summed E-state index contributed by atoms with van der Waals surface area (Å²) in [5.41, 5.74) is 0.330. The van der Waals surface area contributed by atoms with E-state index in [9.17, 15) is 9.36 Å². The molecule has 0 radical (unpaired) electrons. The molecule has 0 saturated heterocycles. The SMILES string of the molecule is C=CC(=O)OC(CC)(OP(=O)(O)O)c1ccccc1. The minimum Gasteiger partial charge on any atom is -0.425 e. The van der Waals surface area contributed by atoms with E-state index in [4.69, 9.17) is 19.0 Å². The lowest BCUT2D eigenvalue weighted by Gasteiger charge is -2.32. The van der Waals surface area contributed by atoms with Crippen LogP contribution in [0.4, 0.5) is 0 Å². The van der Waals surface area contributed by atoms with Crippen molar-refractivity contribution >= 4 is 13.8 Å². The molecule has 104 valence electrons. The molecule has 6 nitrogen and oxygen atoms in total. The maximum Gasteiger partial charge on any atom is 0.473 e. The van der Waals surface area contributed by atoms with Gasteiger partial charge in [0.1, 0.15) is 0 Å². The van der Waals surface area contributed by atoms with Crippen LogP contribution in [0.15, 0.2) is 43.0 Å². The summed E-state index contributed by atoms with van der Waals surface area (Å²) < 4.78 is 20.8. The van der Waals surface area contributed by atoms with Crippen molar-refractivity contribution in [2.45, 2.75) is 19.1 Å². The second-order valence-electron chi connectivity index (χ2n) is 3.68. The van der Waals surface area contributed by atoms with E-state index in [1.54, 1.807) is 37.3 Å². The highest BCUT2D eigenvalue weighted by atomic mass is 31.2. The summed E-state index contributed by atoms with van der Waals surface area (Å²) in [6.45, 7) is 4.83. The fraction of sp³-hybridized carbons (Fsp3) is 0.250. The fourth-order valence-corrected chi connectivity index (χ4v) is 2.22. The summed E-state index contributed by atoms with van der Waals surface area (Å²) in [6.07, 6.45) is 0.929. The third-order valence-corrected chi connectivity index (χ3v) is 2.91. The van der Waals surface area contributed by atoms with Crippen LogP contribution in [0.5, 0.6) is 0 Å². The molecule has 2 N–H and O–H groups in total. The molecular weight excluding hydrogens is 271 g/mol. The standard InChI is InChI=1S/C12H15O6P/c1-3-11(13)17-12(4-2,18-19(14,15)16)10-8-6-5-7-9-10/h3,5-9H,1,4H2,2H3,(H2,14,15,16). The van der Waals surface area contributed by atoms with Gasteiger partial charge in [-0.25, -0.2) is 13.9 Å². The largest absolute Gasteiger partial charge is 0.473 e. The van der Waals surface area contributed by atoms with Gasteiger partial charge in [-0.2, -0.15) is 0 Å². The monoisotopic (exact) mass is 286 g/mol. The Morgan fingerprint density at radius 3 is 2.42 bits per heavy atom. The number of phosphoric acid groups is 1. The number of esters is 1. The number of hydrogen-bond acceptors (Lipinski definition) is 4. The van der Waals surface area contributed by atoms with E-state index in [2.05, 4.69) is 6.58 Å². The van der Waals surface area contributed by atoms with Crippen molar-refractivity contribution in [2.75, 3.05) is 0 Å². The van der Waals surface area contributed by atoms with E-state index < -0.39 is 19.6 Å². The van der Waals surface area contributed by atoms with E-state index >= 15 is 0 Å². The Kier molecular flexibility index (Phi) is 5.03. The number of rotatable bonds is 6. The summed E-state index contributed by atoms with van der Waals surface area (Å²) >= 11 is 0. The summed E-state index contributed by atoms with van der Waals surface area (Å²) in [6, 6.07) is 8.11. The van der Waals surface area contributed by atoms with Crippen molar-refractivity contribution in [1.29, 1.82) is 0 Å². The molecule has 0 aliphatic rings. The highest BCUT2D eigenvalue weighted by molar-refractivity contribution is 7.46. The first kappa shape index (κ1) is 15.6. The van der Waals surface area contributed by atoms with Gasteiger partial charge in [0.25, 0.3) is 5.79 Å². The van der Waals surface area contributed by atoms with Gasteiger partial charge in [0.2, 0.25) is 0 Å². The van der Waals surface area contributed by atoms with Gasteiger partial charge in [-0.1, -0.05) is 43.8 Å². The number of phosphoric ester groups is 1. The third kappa shape index (κ3) is 4.29. The third-order valence-electron chi connectivity index (χ3n) is 2.38. The predicted molar refractivity (Wildman–Crippen MR) is 67.8 cm³/mol. The van der Waals surface area contributed by atoms with Crippen molar-refractivity contribution in [3.63, 3.8) is 0 Å². The molecule has 0 spiro atoms. The maximum absolute atomic E-state index is 11.4. The predicted octanol–water partition coefficient (Wildman–Crippen LogP) is 2.09. The molecule has 1 aromatic carbocycles. The average Bonchev–Trinajstić information content (AvgIpc) is 2.37. The number of ether oxygens (including phenoxy) is 1. The van der Waals surface area contributed by atoms with Gasteiger partial charge in [-0.3, -0.25) is 0 Å². The first-order valence-corrected chi connectivity index (χ1v) is 7.03. The van der Waals surface area contributed by atoms with Crippen LogP contribution in [-0.4, -0.2) is 15.8 Å². The lowest BCUT2D eigenvalue weighted by atomic mass is 10.0. The summed E-state index contributed by atoms with van der Waals surface area (Å²) in [5.74, 6) is -2.68. The van der Waals surface area contributed by atoms with Gasteiger partial charge in [-0.05, 0) is 0 Å². The molecule has 0 fully saturated rings. The minimum atomic E-state index is -4.85. The molecule has 0 bridgehead atoms. The molecule has 0 saturated carbocycles. The zero-order chi connectivity index (χ0) is 14.5. The number of carbonyl (C=O) groups excluding carboxylic acids is 1. The number of benzene rings is 1. The van der Waals surface area contributed by atoms with Crippen LogP contribution in [0.1, 0.15) is 18.9 Å². The number of carbonyl (C=O) groups is 1. The first-order valence-electron chi connectivity index (χ1n) is 5.50. The highest BCUT2D eigenvalue weighted by Gasteiger charge is 2.41. The molecule has 0 heterocycles. The molecule has 0 aliphatic carbocycles. The molecule has 1 unspecified atom stereocenters. The van der Waals surface area contributed by atoms with Crippen LogP contribution >= 0.6 is 7.82 Å². The van der Waals surface area contributed by atoms with E-state index in [1.807, 2.05) is 0 Å². The normalized spacial score (nSPS) is 14.5. The lowest BCUT2D eigenvalue weighted by molar-refractivity contribution is -0.204. The molecular formula is C12H15O6P. The lowest BCUT2D eigenvalue weighted by Crippen LogP contribution is -2.33. The Morgan fingerprint density at radius 2 is 2.00 bits per heavy atom. The summed E-state index contributed by atoms with van der Waals surface area (Å²) in [4.78, 5) is 29.4. The van der Waals surface area contributed by atoms with Crippen LogP contribution in [-0.2, 0) is 24.4 Å². The zero-order valence-corrected chi connectivity index (χ0v) is 11.2. The van der Waals surface area contributed by atoms with Gasteiger partial charge in [-0.15, -0.1) is 0 Å². The maximum atomic E-state index is 11.4. The van der Waals surface area contributed by atoms with E-state index in [0.29, 0.717) is 5.56 Å². The molecule has 7 heteroatoms. The van der Waals surface area contributed by atoms with Gasteiger partial charge in [0.15, 0.2) is 0 Å². The Hall–Kier alpha value is -1.46. The Bertz CT molecular complexity index is 494. The van der Waals surface area contributed by atoms with E-state index in [-0.39, 0.29) is 6.42 Å². The molecule has 1 aromatic rings. The topological polar surface area (TPSA) is 93.1 Å². The van der Waals surface area contributed by atoms with Crippen LogP contribution in [0.3, 0.4) is 0 Å². The van der Waals surface area contributed by atoms with Crippen molar-refractivity contribution in [1.82, 2.24) is 0 Å². The summed E-state index contributed by atoms with van der Waals surface area (Å²) in [7, 11) is -4.85. The van der Waals surface area contributed by atoms with E-state index in [0.717, 1.165) is 6.08 Å². The second-order valence-corrected chi connectivity index (χ2v) is 4.84. The van der Waals surface area contributed by atoms with Gasteiger partial charge in [0, 0.05) is 18.1 Å². The average molecular weight is 286 g/mol. The molecule has 0 aliphatic heterocycles. The Labute approximate surface area is 110 Å². The fourth-order valence-electron chi connectivity index (χ4n) is 1.56. The summed E-state index contributed by atoms with van der Waals surface area (Å²) in [5, 5.41) is 0.